The number of nitrogens with one attached hydrogen (secondary N) is 3. The molecule has 1 heterocycles. The topological polar surface area (TPSA) is 150 Å². The van der Waals surface area contributed by atoms with Gasteiger partial charge in [-0.15, -0.1) is 0 Å². The number of amides is 3. The number of carbonyl (C=O) groups excluding carboxylic acids is 4. The summed E-state index contributed by atoms with van der Waals surface area (Å²) in [7, 11) is 0. The van der Waals surface area contributed by atoms with Crippen LogP contribution < -0.4 is 16.0 Å². The molecule has 46 heavy (non-hydrogen) atoms. The molecule has 2 atom stereocenters. The third-order valence-electron chi connectivity index (χ3n) is 6.45. The zero-order chi connectivity index (χ0) is 33.9. The highest BCUT2D eigenvalue weighted by molar-refractivity contribution is 5.98. The van der Waals surface area contributed by atoms with E-state index < -0.39 is 47.1 Å². The average molecular weight is 636 g/mol. The van der Waals surface area contributed by atoms with Crippen molar-refractivity contribution >= 4 is 29.7 Å². The minimum atomic E-state index is -1.43. The summed E-state index contributed by atoms with van der Waals surface area (Å²) in [6.45, 7) is 12.3. The van der Waals surface area contributed by atoms with Crippen LogP contribution in [0.1, 0.15) is 65.6 Å². The molecule has 0 spiro atoms. The van der Waals surface area contributed by atoms with Gasteiger partial charge in [-0.25, -0.2) is 14.6 Å². The molecule has 0 aliphatic carbocycles. The smallest absolute Gasteiger partial charge is 0.408 e. The third-order valence-corrected chi connectivity index (χ3v) is 6.45. The Hall–Kier alpha value is -4.71. The van der Waals surface area contributed by atoms with E-state index >= 15 is 0 Å². The molecule has 248 valence electrons. The number of rotatable bonds is 14. The number of carbonyl (C=O) groups is 4. The van der Waals surface area contributed by atoms with E-state index in [1.54, 1.807) is 25.3 Å². The highest BCUT2D eigenvalue weighted by Crippen LogP contribution is 2.22. The molecule has 2 aromatic carbocycles. The second kappa shape index (κ2) is 16.0. The standard InChI is InChI=1S/C34H45N5O7/c1-23(2)19-45-30(41)28(25-16-12-9-13-17-25)39-18-27(35-22-39)37-29(40)26(21-44-20-24-14-10-8-11-15-24)36-31(42)34(6,7)38-32(43)46-33(3,4)5/h8-18,22-23,26,28H,19-21H2,1-7H3,(H,36,42)(H,37,40)(H,38,43)/t26-,28?/m1/s1. The molecular weight excluding hydrogens is 590 g/mol. The molecule has 0 bridgehead atoms. The molecule has 0 fully saturated rings. The Balaban J connectivity index is 1.78. The Morgan fingerprint density at radius 2 is 1.52 bits per heavy atom. The summed E-state index contributed by atoms with van der Waals surface area (Å²) < 4.78 is 18.2. The van der Waals surface area contributed by atoms with Crippen molar-refractivity contribution in [3.05, 3.63) is 84.3 Å². The summed E-state index contributed by atoms with van der Waals surface area (Å²) in [6, 6.07) is 16.5. The zero-order valence-electron chi connectivity index (χ0n) is 27.5. The molecule has 0 saturated carbocycles. The molecule has 0 saturated heterocycles. The number of nitrogens with zero attached hydrogens (tertiary/aromatic N) is 2. The number of esters is 1. The van der Waals surface area contributed by atoms with E-state index in [9.17, 15) is 19.2 Å². The van der Waals surface area contributed by atoms with Gasteiger partial charge in [0.25, 0.3) is 5.91 Å². The van der Waals surface area contributed by atoms with Gasteiger partial charge in [0, 0.05) is 6.20 Å². The van der Waals surface area contributed by atoms with Crippen molar-refractivity contribution < 1.29 is 33.4 Å². The molecule has 0 aliphatic heterocycles. The largest absolute Gasteiger partial charge is 0.464 e. The van der Waals surface area contributed by atoms with E-state index in [0.29, 0.717) is 5.56 Å². The predicted molar refractivity (Wildman–Crippen MR) is 173 cm³/mol. The Morgan fingerprint density at radius 1 is 0.891 bits per heavy atom. The average Bonchev–Trinajstić information content (AvgIpc) is 3.42. The van der Waals surface area contributed by atoms with Crippen LogP contribution in [0.25, 0.3) is 0 Å². The molecule has 1 unspecified atom stereocenters. The van der Waals surface area contributed by atoms with E-state index in [0.717, 1.165) is 5.56 Å². The fourth-order valence-corrected chi connectivity index (χ4v) is 4.15. The lowest BCUT2D eigenvalue weighted by atomic mass is 10.0. The van der Waals surface area contributed by atoms with Gasteiger partial charge in [-0.2, -0.15) is 0 Å². The Labute approximate surface area is 270 Å². The van der Waals surface area contributed by atoms with E-state index in [2.05, 4.69) is 20.9 Å². The van der Waals surface area contributed by atoms with Gasteiger partial charge < -0.3 is 34.7 Å². The SMILES string of the molecule is CC(C)COC(=O)C(c1ccccc1)n1cnc(NC(=O)[C@@H](COCc2ccccc2)NC(=O)C(C)(C)NC(=O)OC(C)(C)C)c1. The fourth-order valence-electron chi connectivity index (χ4n) is 4.15. The fraction of sp³-hybridized carbons (Fsp3) is 0.441. The van der Waals surface area contributed by atoms with Gasteiger partial charge in [0.1, 0.15) is 17.2 Å². The maximum Gasteiger partial charge on any atom is 0.408 e. The first-order valence-electron chi connectivity index (χ1n) is 15.1. The van der Waals surface area contributed by atoms with Crippen LogP contribution in [0.3, 0.4) is 0 Å². The maximum absolute atomic E-state index is 13.5. The normalized spacial score (nSPS) is 13.0. The van der Waals surface area contributed by atoms with E-state index in [1.165, 1.54) is 26.4 Å². The quantitative estimate of drug-likeness (QED) is 0.217. The number of imidazole rings is 1. The van der Waals surface area contributed by atoms with E-state index in [1.807, 2.05) is 74.5 Å². The highest BCUT2D eigenvalue weighted by Gasteiger charge is 2.35. The van der Waals surface area contributed by atoms with Crippen molar-refractivity contribution in [3.63, 3.8) is 0 Å². The number of hydrogen-bond acceptors (Lipinski definition) is 8. The molecule has 12 nitrogen and oxygen atoms in total. The van der Waals surface area contributed by atoms with Crippen molar-refractivity contribution in [2.45, 2.75) is 78.3 Å². The summed E-state index contributed by atoms with van der Waals surface area (Å²) in [6.07, 6.45) is 2.17. The van der Waals surface area contributed by atoms with Crippen molar-refractivity contribution in [1.82, 2.24) is 20.2 Å². The van der Waals surface area contributed by atoms with E-state index in [-0.39, 0.29) is 31.6 Å². The summed E-state index contributed by atoms with van der Waals surface area (Å²) in [5.41, 5.74) is -0.625. The van der Waals surface area contributed by atoms with Gasteiger partial charge in [0.05, 0.1) is 26.1 Å². The monoisotopic (exact) mass is 635 g/mol. The van der Waals surface area contributed by atoms with Crippen LogP contribution >= 0.6 is 0 Å². The van der Waals surface area contributed by atoms with Crippen LogP contribution in [0, 0.1) is 5.92 Å². The summed E-state index contributed by atoms with van der Waals surface area (Å²) in [5.74, 6) is -1.41. The first-order chi connectivity index (χ1) is 21.6. The molecule has 3 rings (SSSR count). The van der Waals surface area contributed by atoms with Crippen LogP contribution in [0.15, 0.2) is 73.2 Å². The van der Waals surface area contributed by atoms with Crippen LogP contribution in [0.5, 0.6) is 0 Å². The van der Waals surface area contributed by atoms with Crippen LogP contribution in [-0.4, -0.2) is 63.8 Å². The number of aromatic nitrogens is 2. The minimum Gasteiger partial charge on any atom is -0.464 e. The molecule has 12 heteroatoms. The number of benzene rings is 2. The Kier molecular flexibility index (Phi) is 12.5. The van der Waals surface area contributed by atoms with Crippen molar-refractivity contribution in [2.75, 3.05) is 18.5 Å². The van der Waals surface area contributed by atoms with Crippen LogP contribution in [0.4, 0.5) is 10.6 Å². The molecule has 3 aromatic rings. The lowest BCUT2D eigenvalue weighted by Gasteiger charge is -2.29. The molecule has 0 radical (unpaired) electrons. The summed E-state index contributed by atoms with van der Waals surface area (Å²) >= 11 is 0. The lowest BCUT2D eigenvalue weighted by Crippen LogP contribution is -2.59. The van der Waals surface area contributed by atoms with Crippen molar-refractivity contribution in [1.29, 1.82) is 0 Å². The van der Waals surface area contributed by atoms with Gasteiger partial charge in [0.15, 0.2) is 11.9 Å². The predicted octanol–water partition coefficient (Wildman–Crippen LogP) is 4.62. The number of alkyl carbamates (subject to hydrolysis) is 1. The van der Waals surface area contributed by atoms with Gasteiger partial charge in [-0.3, -0.25) is 9.59 Å². The van der Waals surface area contributed by atoms with Crippen molar-refractivity contribution in [2.24, 2.45) is 5.92 Å². The Morgan fingerprint density at radius 3 is 2.13 bits per heavy atom. The third kappa shape index (κ3) is 11.3. The first kappa shape index (κ1) is 35.8. The highest BCUT2D eigenvalue weighted by atomic mass is 16.6. The summed E-state index contributed by atoms with van der Waals surface area (Å²) in [4.78, 5) is 56.7. The van der Waals surface area contributed by atoms with Crippen LogP contribution in [0.2, 0.25) is 0 Å². The summed E-state index contributed by atoms with van der Waals surface area (Å²) in [5, 5.41) is 7.93. The van der Waals surface area contributed by atoms with E-state index in [4.69, 9.17) is 14.2 Å². The maximum atomic E-state index is 13.5. The minimum absolute atomic E-state index is 0.149. The molecule has 3 N–H and O–H groups in total. The van der Waals surface area contributed by atoms with Gasteiger partial charge in [-0.1, -0.05) is 74.5 Å². The molecular formula is C34H45N5O7. The number of hydrogen-bond donors (Lipinski definition) is 3. The van der Waals surface area contributed by atoms with Gasteiger partial charge in [-0.05, 0) is 51.7 Å². The number of anilines is 1. The molecule has 3 amide bonds. The van der Waals surface area contributed by atoms with Crippen LogP contribution in [-0.2, 0) is 35.2 Å². The molecule has 0 aliphatic rings. The van der Waals surface area contributed by atoms with Crippen molar-refractivity contribution in [3.8, 4) is 0 Å². The van der Waals surface area contributed by atoms with Gasteiger partial charge in [0.2, 0.25) is 5.91 Å². The number of ether oxygens (including phenoxy) is 3. The second-order valence-electron chi connectivity index (χ2n) is 12.8. The first-order valence-corrected chi connectivity index (χ1v) is 15.1. The van der Waals surface area contributed by atoms with Gasteiger partial charge >= 0.3 is 12.1 Å². The Bertz CT molecular complexity index is 1450. The lowest BCUT2D eigenvalue weighted by molar-refractivity contribution is -0.147. The second-order valence-corrected chi connectivity index (χ2v) is 12.8. The molecule has 1 aromatic heterocycles. The zero-order valence-corrected chi connectivity index (χ0v) is 27.5.